The van der Waals surface area contributed by atoms with E-state index in [-0.39, 0.29) is 5.60 Å². The van der Waals surface area contributed by atoms with Crippen LogP contribution in [0.5, 0.6) is 0 Å². The number of hydrogen-bond acceptors (Lipinski definition) is 4. The number of hydrogen-bond donors (Lipinski definition) is 1. The first kappa shape index (κ1) is 15.8. The van der Waals surface area contributed by atoms with Crippen LogP contribution >= 0.6 is 0 Å². The third-order valence-electron chi connectivity index (χ3n) is 2.56. The molecule has 4 heteroatoms. The van der Waals surface area contributed by atoms with Crippen molar-refractivity contribution in [3.63, 3.8) is 0 Å². The fourth-order valence-corrected chi connectivity index (χ4v) is 1.09. The Morgan fingerprint density at radius 1 is 1.12 bits per heavy atom. The van der Waals surface area contributed by atoms with Crippen molar-refractivity contribution in [1.29, 1.82) is 0 Å². The predicted molar refractivity (Wildman–Crippen MR) is 67.9 cm³/mol. The van der Waals surface area contributed by atoms with Gasteiger partial charge in [0.25, 0.3) is 0 Å². The zero-order chi connectivity index (χ0) is 12.4. The highest BCUT2D eigenvalue weighted by molar-refractivity contribution is 4.66. The fraction of sp³-hybridized carbons (Fsp3) is 1.00. The van der Waals surface area contributed by atoms with Gasteiger partial charge in [-0.2, -0.15) is 0 Å². The molecular formula is C12H28N2O2. The van der Waals surface area contributed by atoms with Crippen LogP contribution in [0.3, 0.4) is 0 Å². The molecule has 0 bridgehead atoms. The SMILES string of the molecule is COC(C)(C)CCOCCNCCN(C)C. The van der Waals surface area contributed by atoms with Crippen molar-refractivity contribution in [2.24, 2.45) is 0 Å². The van der Waals surface area contributed by atoms with E-state index in [9.17, 15) is 0 Å². The molecule has 4 nitrogen and oxygen atoms in total. The van der Waals surface area contributed by atoms with Crippen LogP contribution in [0.1, 0.15) is 20.3 Å². The van der Waals surface area contributed by atoms with Crippen molar-refractivity contribution in [2.75, 3.05) is 54.1 Å². The van der Waals surface area contributed by atoms with Gasteiger partial charge in [0.15, 0.2) is 0 Å². The average molecular weight is 232 g/mol. The van der Waals surface area contributed by atoms with Gasteiger partial charge >= 0.3 is 0 Å². The van der Waals surface area contributed by atoms with Gasteiger partial charge in [-0.3, -0.25) is 0 Å². The van der Waals surface area contributed by atoms with Gasteiger partial charge in [0, 0.05) is 33.4 Å². The van der Waals surface area contributed by atoms with Crippen LogP contribution in [-0.4, -0.2) is 64.6 Å². The third-order valence-corrected chi connectivity index (χ3v) is 2.56. The second-order valence-corrected chi connectivity index (χ2v) is 4.88. The summed E-state index contributed by atoms with van der Waals surface area (Å²) in [6.45, 7) is 8.68. The van der Waals surface area contributed by atoms with Crippen LogP contribution in [0.15, 0.2) is 0 Å². The number of nitrogens with one attached hydrogen (secondary N) is 1. The Morgan fingerprint density at radius 3 is 2.38 bits per heavy atom. The molecule has 0 saturated heterocycles. The highest BCUT2D eigenvalue weighted by Gasteiger charge is 2.15. The molecule has 0 unspecified atom stereocenters. The van der Waals surface area contributed by atoms with Crippen molar-refractivity contribution in [3.05, 3.63) is 0 Å². The molecule has 98 valence electrons. The maximum atomic E-state index is 5.52. The fourth-order valence-electron chi connectivity index (χ4n) is 1.09. The zero-order valence-electron chi connectivity index (χ0n) is 11.5. The van der Waals surface area contributed by atoms with E-state index in [1.807, 2.05) is 0 Å². The lowest BCUT2D eigenvalue weighted by molar-refractivity contribution is -0.00935. The second-order valence-electron chi connectivity index (χ2n) is 4.88. The van der Waals surface area contributed by atoms with E-state index >= 15 is 0 Å². The van der Waals surface area contributed by atoms with Crippen molar-refractivity contribution in [1.82, 2.24) is 10.2 Å². The standard InChI is InChI=1S/C12H28N2O2/c1-12(2,15-5)6-10-16-11-8-13-7-9-14(3)4/h13H,6-11H2,1-5H3. The lowest BCUT2D eigenvalue weighted by Gasteiger charge is -2.22. The van der Waals surface area contributed by atoms with Crippen LogP contribution in [0, 0.1) is 0 Å². The summed E-state index contributed by atoms with van der Waals surface area (Å²) in [5.74, 6) is 0. The van der Waals surface area contributed by atoms with E-state index in [0.29, 0.717) is 0 Å². The maximum absolute atomic E-state index is 5.52. The summed E-state index contributed by atoms with van der Waals surface area (Å²) in [7, 11) is 5.89. The Kier molecular flexibility index (Phi) is 8.84. The maximum Gasteiger partial charge on any atom is 0.0644 e. The Hall–Kier alpha value is -0.160. The Morgan fingerprint density at radius 2 is 1.81 bits per heavy atom. The molecule has 0 amide bonds. The summed E-state index contributed by atoms with van der Waals surface area (Å²) in [6.07, 6.45) is 0.932. The lowest BCUT2D eigenvalue weighted by Crippen LogP contribution is -2.29. The lowest BCUT2D eigenvalue weighted by atomic mass is 10.1. The molecule has 0 aliphatic rings. The smallest absolute Gasteiger partial charge is 0.0644 e. The molecule has 0 fully saturated rings. The van der Waals surface area contributed by atoms with Crippen LogP contribution < -0.4 is 5.32 Å². The topological polar surface area (TPSA) is 33.7 Å². The Balaban J connectivity index is 3.16. The summed E-state index contributed by atoms with van der Waals surface area (Å²) in [6, 6.07) is 0. The van der Waals surface area contributed by atoms with E-state index in [1.165, 1.54) is 0 Å². The third kappa shape index (κ3) is 10.4. The molecule has 1 N–H and O–H groups in total. The van der Waals surface area contributed by atoms with Crippen LogP contribution in [-0.2, 0) is 9.47 Å². The Labute approximate surface area is 100 Å². The molecule has 0 radical (unpaired) electrons. The van der Waals surface area contributed by atoms with Crippen LogP contribution in [0.25, 0.3) is 0 Å². The summed E-state index contributed by atoms with van der Waals surface area (Å²) in [4.78, 5) is 2.16. The zero-order valence-corrected chi connectivity index (χ0v) is 11.5. The van der Waals surface area contributed by atoms with Crippen molar-refractivity contribution >= 4 is 0 Å². The quantitative estimate of drug-likeness (QED) is 0.569. The molecule has 0 heterocycles. The predicted octanol–water partition coefficient (Wildman–Crippen LogP) is 0.969. The minimum atomic E-state index is -0.0711. The summed E-state index contributed by atoms with van der Waals surface area (Å²) < 4.78 is 10.8. The molecule has 0 aromatic carbocycles. The molecule has 0 spiro atoms. The van der Waals surface area contributed by atoms with E-state index in [2.05, 4.69) is 38.2 Å². The molecule has 16 heavy (non-hydrogen) atoms. The van der Waals surface area contributed by atoms with E-state index in [1.54, 1.807) is 7.11 Å². The molecule has 0 saturated carbocycles. The van der Waals surface area contributed by atoms with Gasteiger partial charge in [-0.05, 0) is 34.4 Å². The first-order valence-corrected chi connectivity index (χ1v) is 5.96. The van der Waals surface area contributed by atoms with E-state index < -0.39 is 0 Å². The Bertz CT molecular complexity index is 161. The second kappa shape index (κ2) is 8.93. The van der Waals surface area contributed by atoms with Crippen molar-refractivity contribution in [2.45, 2.75) is 25.9 Å². The average Bonchev–Trinajstić information content (AvgIpc) is 2.21. The van der Waals surface area contributed by atoms with Crippen molar-refractivity contribution < 1.29 is 9.47 Å². The van der Waals surface area contributed by atoms with Crippen molar-refractivity contribution in [3.8, 4) is 0 Å². The first-order chi connectivity index (χ1) is 7.48. The minimum absolute atomic E-state index is 0.0711. The van der Waals surface area contributed by atoms with Crippen LogP contribution in [0.4, 0.5) is 0 Å². The van der Waals surface area contributed by atoms with Gasteiger partial charge in [-0.15, -0.1) is 0 Å². The first-order valence-electron chi connectivity index (χ1n) is 5.96. The molecule has 0 aromatic rings. The van der Waals surface area contributed by atoms with Gasteiger partial charge in [0.05, 0.1) is 12.2 Å². The van der Waals surface area contributed by atoms with Gasteiger partial charge < -0.3 is 19.7 Å². The number of nitrogens with zero attached hydrogens (tertiary/aromatic N) is 1. The number of methoxy groups -OCH3 is 1. The number of ether oxygens (including phenoxy) is 2. The summed E-state index contributed by atoms with van der Waals surface area (Å²) >= 11 is 0. The normalized spacial score (nSPS) is 12.4. The molecule has 0 aliphatic heterocycles. The van der Waals surface area contributed by atoms with Gasteiger partial charge in [-0.1, -0.05) is 0 Å². The van der Waals surface area contributed by atoms with Gasteiger partial charge in [-0.25, -0.2) is 0 Å². The number of likely N-dealkylation sites (N-methyl/N-ethyl adjacent to an activating group) is 1. The molecular weight excluding hydrogens is 204 g/mol. The van der Waals surface area contributed by atoms with E-state index in [4.69, 9.17) is 9.47 Å². The molecule has 0 aliphatic carbocycles. The molecule has 0 aromatic heterocycles. The van der Waals surface area contributed by atoms with E-state index in [0.717, 1.165) is 39.3 Å². The highest BCUT2D eigenvalue weighted by Crippen LogP contribution is 2.12. The van der Waals surface area contributed by atoms with Gasteiger partial charge in [0.2, 0.25) is 0 Å². The largest absolute Gasteiger partial charge is 0.380 e. The van der Waals surface area contributed by atoms with Crippen LogP contribution in [0.2, 0.25) is 0 Å². The monoisotopic (exact) mass is 232 g/mol. The summed E-state index contributed by atoms with van der Waals surface area (Å²) in [5.41, 5.74) is -0.0711. The molecule has 0 rings (SSSR count). The van der Waals surface area contributed by atoms with Gasteiger partial charge in [0.1, 0.15) is 0 Å². The number of rotatable bonds is 10. The minimum Gasteiger partial charge on any atom is -0.380 e. The summed E-state index contributed by atoms with van der Waals surface area (Å²) in [5, 5.41) is 3.33. The highest BCUT2D eigenvalue weighted by atomic mass is 16.5. The molecule has 0 atom stereocenters.